The number of H-pyrrole nitrogens is 1. The first-order valence-electron chi connectivity index (χ1n) is 6.88. The number of aromatic amines is 1. The average molecular weight is 277 g/mol. The lowest BCUT2D eigenvalue weighted by Gasteiger charge is -2.32. The van der Waals surface area contributed by atoms with E-state index >= 15 is 0 Å². The van der Waals surface area contributed by atoms with Gasteiger partial charge in [0.1, 0.15) is 0 Å². The number of halogens is 2. The molecule has 1 aliphatic rings. The van der Waals surface area contributed by atoms with Crippen LogP contribution in [0.25, 0.3) is 0 Å². The lowest BCUT2D eigenvalue weighted by Crippen LogP contribution is -2.34. The van der Waals surface area contributed by atoms with E-state index in [1.54, 1.807) is 18.3 Å². The fourth-order valence-corrected chi connectivity index (χ4v) is 2.86. The molecule has 0 bridgehead atoms. The standard InChI is InChI=1S/C15H17F2N3/c16-13-5-1-3-12(15(13)17)10-20-8-2-4-11(9-20)14-6-7-18-19-14/h1,3,5-7,11H,2,4,8-10H2,(H,18,19)/t11-/m1/s1. The molecular formula is C15H17F2N3. The molecule has 3 nitrogen and oxygen atoms in total. The molecule has 0 saturated carbocycles. The minimum absolute atomic E-state index is 0.392. The van der Waals surface area contributed by atoms with Crippen LogP contribution < -0.4 is 0 Å². The van der Waals surface area contributed by atoms with Crippen molar-refractivity contribution in [1.82, 2.24) is 15.1 Å². The minimum Gasteiger partial charge on any atom is -0.298 e. The van der Waals surface area contributed by atoms with E-state index in [1.165, 1.54) is 0 Å². The van der Waals surface area contributed by atoms with Crippen LogP contribution >= 0.6 is 0 Å². The van der Waals surface area contributed by atoms with E-state index in [0.717, 1.165) is 37.7 Å². The summed E-state index contributed by atoms with van der Waals surface area (Å²) in [7, 11) is 0. The highest BCUT2D eigenvalue weighted by Crippen LogP contribution is 2.26. The predicted molar refractivity (Wildman–Crippen MR) is 72.2 cm³/mol. The number of nitrogens with zero attached hydrogens (tertiary/aromatic N) is 2. The van der Waals surface area contributed by atoms with Crippen molar-refractivity contribution in [3.8, 4) is 0 Å². The van der Waals surface area contributed by atoms with Crippen LogP contribution in [-0.4, -0.2) is 28.2 Å². The van der Waals surface area contributed by atoms with E-state index in [9.17, 15) is 8.78 Å². The molecular weight excluding hydrogens is 260 g/mol. The summed E-state index contributed by atoms with van der Waals surface area (Å²) in [6, 6.07) is 6.35. The van der Waals surface area contributed by atoms with E-state index < -0.39 is 11.6 Å². The number of hydrogen-bond acceptors (Lipinski definition) is 2. The number of likely N-dealkylation sites (tertiary alicyclic amines) is 1. The van der Waals surface area contributed by atoms with E-state index in [1.807, 2.05) is 6.07 Å². The van der Waals surface area contributed by atoms with Gasteiger partial charge < -0.3 is 0 Å². The lowest BCUT2D eigenvalue weighted by molar-refractivity contribution is 0.195. The molecule has 106 valence electrons. The molecule has 3 rings (SSSR count). The summed E-state index contributed by atoms with van der Waals surface area (Å²) in [4.78, 5) is 2.17. The fraction of sp³-hybridized carbons (Fsp3) is 0.400. The third-order valence-electron chi connectivity index (χ3n) is 3.89. The molecule has 2 aromatic rings. The first-order chi connectivity index (χ1) is 9.74. The topological polar surface area (TPSA) is 31.9 Å². The number of piperidine rings is 1. The maximum absolute atomic E-state index is 13.7. The fourth-order valence-electron chi connectivity index (χ4n) is 2.86. The van der Waals surface area contributed by atoms with Crippen LogP contribution in [0, 0.1) is 11.6 Å². The van der Waals surface area contributed by atoms with Crippen molar-refractivity contribution in [1.29, 1.82) is 0 Å². The number of hydrogen-bond donors (Lipinski definition) is 1. The molecule has 1 aliphatic heterocycles. The van der Waals surface area contributed by atoms with Gasteiger partial charge in [-0.25, -0.2) is 8.78 Å². The van der Waals surface area contributed by atoms with E-state index in [-0.39, 0.29) is 0 Å². The molecule has 1 N–H and O–H groups in total. The zero-order valence-electron chi connectivity index (χ0n) is 11.1. The van der Waals surface area contributed by atoms with Gasteiger partial charge in [-0.1, -0.05) is 12.1 Å². The third-order valence-corrected chi connectivity index (χ3v) is 3.89. The molecule has 0 amide bonds. The molecule has 0 unspecified atom stereocenters. The summed E-state index contributed by atoms with van der Waals surface area (Å²) in [6.45, 7) is 2.22. The molecule has 1 fully saturated rings. The normalized spacial score (nSPS) is 20.2. The third kappa shape index (κ3) is 2.72. The van der Waals surface area contributed by atoms with Crippen LogP contribution in [0.15, 0.2) is 30.5 Å². The van der Waals surface area contributed by atoms with E-state index in [2.05, 4.69) is 15.1 Å². The molecule has 0 spiro atoms. The van der Waals surface area contributed by atoms with Crippen LogP contribution in [-0.2, 0) is 6.54 Å². The van der Waals surface area contributed by atoms with Crippen molar-refractivity contribution in [2.75, 3.05) is 13.1 Å². The summed E-state index contributed by atoms with van der Waals surface area (Å²) >= 11 is 0. The summed E-state index contributed by atoms with van der Waals surface area (Å²) < 4.78 is 26.9. The summed E-state index contributed by atoms with van der Waals surface area (Å²) in [6.07, 6.45) is 3.91. The SMILES string of the molecule is Fc1cccc(CN2CCC[C@@H](c3ccn[nH]3)C2)c1F. The Balaban J connectivity index is 1.70. The van der Waals surface area contributed by atoms with Gasteiger partial charge in [-0.05, 0) is 31.5 Å². The van der Waals surface area contributed by atoms with Crippen molar-refractivity contribution in [2.24, 2.45) is 0 Å². The summed E-state index contributed by atoms with van der Waals surface area (Å²) in [5.74, 6) is -1.11. The Labute approximate surface area is 116 Å². The Hall–Kier alpha value is -1.75. The monoisotopic (exact) mass is 277 g/mol. The predicted octanol–water partition coefficient (Wildman–Crippen LogP) is 3.07. The molecule has 1 saturated heterocycles. The van der Waals surface area contributed by atoms with Gasteiger partial charge in [0.2, 0.25) is 0 Å². The number of nitrogens with one attached hydrogen (secondary N) is 1. The quantitative estimate of drug-likeness (QED) is 0.935. The van der Waals surface area contributed by atoms with Crippen LogP contribution in [0.3, 0.4) is 0 Å². The number of benzene rings is 1. The van der Waals surface area contributed by atoms with Gasteiger partial charge >= 0.3 is 0 Å². The van der Waals surface area contributed by atoms with Gasteiger partial charge in [-0.3, -0.25) is 10.00 Å². The van der Waals surface area contributed by atoms with Crippen molar-refractivity contribution in [2.45, 2.75) is 25.3 Å². The number of rotatable bonds is 3. The maximum Gasteiger partial charge on any atom is 0.163 e. The Kier molecular flexibility index (Phi) is 3.78. The van der Waals surface area contributed by atoms with Crippen molar-refractivity contribution < 1.29 is 8.78 Å². The molecule has 1 aromatic heterocycles. The Morgan fingerprint density at radius 3 is 3.00 bits per heavy atom. The molecule has 2 heterocycles. The zero-order chi connectivity index (χ0) is 13.9. The van der Waals surface area contributed by atoms with E-state index in [0.29, 0.717) is 18.0 Å². The van der Waals surface area contributed by atoms with Crippen molar-refractivity contribution >= 4 is 0 Å². The van der Waals surface area contributed by atoms with Gasteiger partial charge in [0.05, 0.1) is 0 Å². The zero-order valence-corrected chi connectivity index (χ0v) is 11.1. The average Bonchev–Trinajstić information content (AvgIpc) is 2.98. The molecule has 0 radical (unpaired) electrons. The second kappa shape index (κ2) is 5.71. The van der Waals surface area contributed by atoms with Crippen LogP contribution in [0.4, 0.5) is 8.78 Å². The summed E-state index contributed by atoms with van der Waals surface area (Å²) in [5, 5.41) is 6.98. The van der Waals surface area contributed by atoms with Crippen molar-refractivity contribution in [3.63, 3.8) is 0 Å². The Bertz CT molecular complexity index is 569. The molecule has 20 heavy (non-hydrogen) atoms. The maximum atomic E-state index is 13.7. The molecule has 0 aliphatic carbocycles. The molecule has 1 aromatic carbocycles. The van der Waals surface area contributed by atoms with Gasteiger partial charge in [0, 0.05) is 36.5 Å². The highest BCUT2D eigenvalue weighted by Gasteiger charge is 2.23. The minimum atomic E-state index is -0.773. The van der Waals surface area contributed by atoms with Gasteiger partial charge in [0.25, 0.3) is 0 Å². The first-order valence-corrected chi connectivity index (χ1v) is 6.88. The Morgan fingerprint density at radius 2 is 2.20 bits per heavy atom. The molecule has 5 heteroatoms. The smallest absolute Gasteiger partial charge is 0.163 e. The second-order valence-corrected chi connectivity index (χ2v) is 5.30. The van der Waals surface area contributed by atoms with Gasteiger partial charge in [-0.15, -0.1) is 0 Å². The van der Waals surface area contributed by atoms with Crippen molar-refractivity contribution in [3.05, 3.63) is 53.4 Å². The first kappa shape index (κ1) is 13.2. The number of aromatic nitrogens is 2. The Morgan fingerprint density at radius 1 is 1.30 bits per heavy atom. The highest BCUT2D eigenvalue weighted by atomic mass is 19.2. The van der Waals surface area contributed by atoms with Crippen LogP contribution in [0.5, 0.6) is 0 Å². The van der Waals surface area contributed by atoms with Gasteiger partial charge in [0.15, 0.2) is 11.6 Å². The largest absolute Gasteiger partial charge is 0.298 e. The second-order valence-electron chi connectivity index (χ2n) is 5.30. The van der Waals surface area contributed by atoms with Crippen LogP contribution in [0.1, 0.15) is 30.0 Å². The molecule has 1 atom stereocenters. The van der Waals surface area contributed by atoms with Gasteiger partial charge in [-0.2, -0.15) is 5.10 Å². The summed E-state index contributed by atoms with van der Waals surface area (Å²) in [5.41, 5.74) is 1.55. The highest BCUT2D eigenvalue weighted by molar-refractivity contribution is 5.19. The van der Waals surface area contributed by atoms with Crippen LogP contribution in [0.2, 0.25) is 0 Å². The van der Waals surface area contributed by atoms with E-state index in [4.69, 9.17) is 0 Å². The lowest BCUT2D eigenvalue weighted by atomic mass is 9.94.